The van der Waals surface area contributed by atoms with Crippen LogP contribution in [-0.2, 0) is 37.9 Å². The Morgan fingerprint density at radius 1 is 1.15 bits per heavy atom. The lowest BCUT2D eigenvalue weighted by Gasteiger charge is -2.10. The summed E-state index contributed by atoms with van der Waals surface area (Å²) in [6.45, 7) is 4.49. The van der Waals surface area contributed by atoms with Crippen molar-refractivity contribution < 1.29 is 4.74 Å². The van der Waals surface area contributed by atoms with Crippen molar-refractivity contribution in [2.24, 2.45) is 7.05 Å². The summed E-state index contributed by atoms with van der Waals surface area (Å²) in [4.78, 5) is 0. The summed E-state index contributed by atoms with van der Waals surface area (Å²) in [5.41, 5.74) is 4.98. The number of nitrogens with one attached hydrogen (secondary N) is 1. The molecular formula is C16H23N3O. The molecule has 0 aliphatic rings. The van der Waals surface area contributed by atoms with Gasteiger partial charge in [-0.1, -0.05) is 31.2 Å². The molecule has 20 heavy (non-hydrogen) atoms. The molecule has 4 heteroatoms. The average Bonchev–Trinajstić information content (AvgIpc) is 2.81. The third-order valence-corrected chi connectivity index (χ3v) is 3.38. The first kappa shape index (κ1) is 14.8. The van der Waals surface area contributed by atoms with E-state index in [1.165, 1.54) is 22.4 Å². The monoisotopic (exact) mass is 273 g/mol. The Morgan fingerprint density at radius 3 is 2.55 bits per heavy atom. The first-order chi connectivity index (χ1) is 9.74. The zero-order valence-electron chi connectivity index (χ0n) is 12.5. The van der Waals surface area contributed by atoms with Gasteiger partial charge in [-0.15, -0.1) is 0 Å². The van der Waals surface area contributed by atoms with Crippen LogP contribution in [0.4, 0.5) is 0 Å². The predicted molar refractivity (Wildman–Crippen MR) is 80.3 cm³/mol. The van der Waals surface area contributed by atoms with Crippen LogP contribution in [0.1, 0.15) is 29.3 Å². The Bertz CT molecular complexity index is 548. The SMILES string of the molecule is CCc1nn(C)cc1CNCc1ccccc1COC. The van der Waals surface area contributed by atoms with Crippen LogP contribution in [0.2, 0.25) is 0 Å². The van der Waals surface area contributed by atoms with Crippen LogP contribution in [0.5, 0.6) is 0 Å². The fourth-order valence-electron chi connectivity index (χ4n) is 2.39. The van der Waals surface area contributed by atoms with E-state index < -0.39 is 0 Å². The van der Waals surface area contributed by atoms with Crippen LogP contribution >= 0.6 is 0 Å². The van der Waals surface area contributed by atoms with E-state index >= 15 is 0 Å². The number of benzene rings is 1. The van der Waals surface area contributed by atoms with Gasteiger partial charge in [-0.05, 0) is 17.5 Å². The van der Waals surface area contributed by atoms with Crippen molar-refractivity contribution in [3.8, 4) is 0 Å². The van der Waals surface area contributed by atoms with E-state index in [9.17, 15) is 0 Å². The fourth-order valence-corrected chi connectivity index (χ4v) is 2.39. The van der Waals surface area contributed by atoms with Gasteiger partial charge in [0.1, 0.15) is 0 Å². The summed E-state index contributed by atoms with van der Waals surface area (Å²) in [7, 11) is 3.70. The molecule has 0 aliphatic carbocycles. The molecule has 0 spiro atoms. The largest absolute Gasteiger partial charge is 0.380 e. The number of rotatable bonds is 7. The van der Waals surface area contributed by atoms with Crippen molar-refractivity contribution in [2.75, 3.05) is 7.11 Å². The molecule has 0 saturated carbocycles. The maximum atomic E-state index is 5.23. The van der Waals surface area contributed by atoms with Gasteiger partial charge in [-0.3, -0.25) is 4.68 Å². The molecule has 0 aliphatic heterocycles. The number of hydrogen-bond donors (Lipinski definition) is 1. The van der Waals surface area contributed by atoms with Gasteiger partial charge in [0.2, 0.25) is 0 Å². The van der Waals surface area contributed by atoms with Crippen molar-refractivity contribution in [1.82, 2.24) is 15.1 Å². The molecule has 1 heterocycles. The molecule has 1 aromatic heterocycles. The van der Waals surface area contributed by atoms with Gasteiger partial charge in [-0.25, -0.2) is 0 Å². The lowest BCUT2D eigenvalue weighted by Crippen LogP contribution is -2.14. The van der Waals surface area contributed by atoms with Crippen LogP contribution in [0.3, 0.4) is 0 Å². The molecule has 1 aromatic carbocycles. The first-order valence-electron chi connectivity index (χ1n) is 7.02. The van der Waals surface area contributed by atoms with Gasteiger partial charge in [0.25, 0.3) is 0 Å². The minimum Gasteiger partial charge on any atom is -0.380 e. The molecule has 108 valence electrons. The van der Waals surface area contributed by atoms with Crippen LogP contribution < -0.4 is 5.32 Å². The Balaban J connectivity index is 1.95. The van der Waals surface area contributed by atoms with Crippen molar-refractivity contribution in [1.29, 1.82) is 0 Å². The summed E-state index contributed by atoms with van der Waals surface area (Å²) in [5, 5.41) is 7.95. The van der Waals surface area contributed by atoms with Crippen molar-refractivity contribution in [2.45, 2.75) is 33.0 Å². The Hall–Kier alpha value is -1.65. The number of ether oxygens (including phenoxy) is 1. The van der Waals surface area contributed by atoms with E-state index in [1.807, 2.05) is 17.8 Å². The first-order valence-corrected chi connectivity index (χ1v) is 7.02. The summed E-state index contributed by atoms with van der Waals surface area (Å²) in [5.74, 6) is 0. The van der Waals surface area contributed by atoms with Gasteiger partial charge < -0.3 is 10.1 Å². The quantitative estimate of drug-likeness (QED) is 0.842. The maximum Gasteiger partial charge on any atom is 0.0716 e. The summed E-state index contributed by atoms with van der Waals surface area (Å²) in [6, 6.07) is 8.37. The predicted octanol–water partition coefficient (Wildman–Crippen LogP) is 2.42. The zero-order chi connectivity index (χ0) is 14.4. The van der Waals surface area contributed by atoms with E-state index in [0.717, 1.165) is 19.5 Å². The second-order valence-corrected chi connectivity index (χ2v) is 4.93. The highest BCUT2D eigenvalue weighted by Crippen LogP contribution is 2.11. The van der Waals surface area contributed by atoms with E-state index in [1.54, 1.807) is 7.11 Å². The lowest BCUT2D eigenvalue weighted by molar-refractivity contribution is 0.184. The molecule has 2 aromatic rings. The molecule has 2 rings (SSSR count). The third kappa shape index (κ3) is 3.68. The zero-order valence-corrected chi connectivity index (χ0v) is 12.5. The number of aromatic nitrogens is 2. The molecule has 0 atom stereocenters. The molecule has 0 fully saturated rings. The second-order valence-electron chi connectivity index (χ2n) is 4.93. The smallest absolute Gasteiger partial charge is 0.0716 e. The van der Waals surface area contributed by atoms with Gasteiger partial charge in [-0.2, -0.15) is 5.10 Å². The Morgan fingerprint density at radius 2 is 1.85 bits per heavy atom. The molecule has 0 amide bonds. The second kappa shape index (κ2) is 7.22. The van der Waals surface area contributed by atoms with Crippen LogP contribution in [0.15, 0.2) is 30.5 Å². The van der Waals surface area contributed by atoms with Crippen LogP contribution in [0, 0.1) is 0 Å². The summed E-state index contributed by atoms with van der Waals surface area (Å²) >= 11 is 0. The normalized spacial score (nSPS) is 10.9. The van der Waals surface area contributed by atoms with E-state index in [0.29, 0.717) is 6.61 Å². The Labute approximate surface area is 120 Å². The van der Waals surface area contributed by atoms with Crippen LogP contribution in [-0.4, -0.2) is 16.9 Å². The van der Waals surface area contributed by atoms with E-state index in [4.69, 9.17) is 4.74 Å². The van der Waals surface area contributed by atoms with Crippen molar-refractivity contribution in [3.05, 3.63) is 52.8 Å². The molecule has 0 unspecified atom stereocenters. The number of methoxy groups -OCH3 is 1. The van der Waals surface area contributed by atoms with Crippen LogP contribution in [0.25, 0.3) is 0 Å². The third-order valence-electron chi connectivity index (χ3n) is 3.38. The molecule has 0 saturated heterocycles. The highest BCUT2D eigenvalue weighted by Gasteiger charge is 2.06. The fraction of sp³-hybridized carbons (Fsp3) is 0.438. The standard InChI is InChI=1S/C16H23N3O/c1-4-16-15(11-19(2)18-16)10-17-9-13-7-5-6-8-14(13)12-20-3/h5-8,11,17H,4,9-10,12H2,1-3H3. The van der Waals surface area contributed by atoms with E-state index in [-0.39, 0.29) is 0 Å². The molecule has 4 nitrogen and oxygen atoms in total. The van der Waals surface area contributed by atoms with Gasteiger partial charge in [0.15, 0.2) is 0 Å². The highest BCUT2D eigenvalue weighted by molar-refractivity contribution is 5.26. The number of hydrogen-bond acceptors (Lipinski definition) is 3. The summed E-state index contributed by atoms with van der Waals surface area (Å²) < 4.78 is 7.12. The molecule has 0 radical (unpaired) electrons. The number of nitrogens with zero attached hydrogens (tertiary/aromatic N) is 2. The average molecular weight is 273 g/mol. The van der Waals surface area contributed by atoms with Crippen molar-refractivity contribution >= 4 is 0 Å². The molecule has 1 N–H and O–H groups in total. The Kier molecular flexibility index (Phi) is 5.32. The summed E-state index contributed by atoms with van der Waals surface area (Å²) in [6.07, 6.45) is 3.06. The van der Waals surface area contributed by atoms with Gasteiger partial charge in [0.05, 0.1) is 12.3 Å². The lowest BCUT2D eigenvalue weighted by atomic mass is 10.1. The number of aryl methyl sites for hydroxylation is 2. The van der Waals surface area contributed by atoms with Crippen molar-refractivity contribution in [3.63, 3.8) is 0 Å². The highest BCUT2D eigenvalue weighted by atomic mass is 16.5. The van der Waals surface area contributed by atoms with E-state index in [2.05, 4.69) is 41.7 Å². The minimum atomic E-state index is 0.658. The maximum absolute atomic E-state index is 5.23. The molecular weight excluding hydrogens is 250 g/mol. The topological polar surface area (TPSA) is 39.1 Å². The molecule has 0 bridgehead atoms. The minimum absolute atomic E-state index is 0.658. The van der Waals surface area contributed by atoms with Gasteiger partial charge >= 0.3 is 0 Å². The van der Waals surface area contributed by atoms with Gasteiger partial charge in [0, 0.05) is 39.0 Å².